The summed E-state index contributed by atoms with van der Waals surface area (Å²) < 4.78 is 13.9. The van der Waals surface area contributed by atoms with Gasteiger partial charge in [-0.05, 0) is 30.5 Å². The van der Waals surface area contributed by atoms with Crippen LogP contribution in [0.5, 0.6) is 0 Å². The van der Waals surface area contributed by atoms with Crippen LogP contribution in [0.25, 0.3) is 0 Å². The van der Waals surface area contributed by atoms with Gasteiger partial charge in [0.05, 0.1) is 6.67 Å². The predicted octanol–water partition coefficient (Wildman–Crippen LogP) is 3.49. The second-order valence-corrected chi connectivity index (χ2v) is 5.66. The van der Waals surface area contributed by atoms with E-state index in [4.69, 9.17) is 0 Å². The van der Waals surface area contributed by atoms with E-state index >= 15 is 0 Å². The fourth-order valence-corrected chi connectivity index (χ4v) is 3.29. The third-order valence-corrected chi connectivity index (χ3v) is 4.18. The van der Waals surface area contributed by atoms with Gasteiger partial charge in [-0.1, -0.05) is 28.1 Å². The molecule has 2 nitrogen and oxygen atoms in total. The molecule has 1 aromatic carbocycles. The maximum Gasteiger partial charge on any atom is 0.0912 e. The van der Waals surface area contributed by atoms with E-state index in [1.807, 2.05) is 0 Å². The second-order valence-electron chi connectivity index (χ2n) is 4.80. The SMILES string of the molecule is Cc1ccc([C@H](CCF)N2CCNCC2)c(Br)c1.Cl. The highest BCUT2D eigenvalue weighted by atomic mass is 79.9. The van der Waals surface area contributed by atoms with Gasteiger partial charge in [-0.2, -0.15) is 0 Å². The lowest BCUT2D eigenvalue weighted by Crippen LogP contribution is -2.45. The van der Waals surface area contributed by atoms with Crippen LogP contribution in [0.15, 0.2) is 22.7 Å². The number of hydrogen-bond donors (Lipinski definition) is 1. The van der Waals surface area contributed by atoms with Crippen molar-refractivity contribution >= 4 is 28.3 Å². The largest absolute Gasteiger partial charge is 0.314 e. The Hall–Kier alpha value is -0.160. The highest BCUT2D eigenvalue weighted by molar-refractivity contribution is 9.10. The zero-order valence-electron chi connectivity index (χ0n) is 11.2. The summed E-state index contributed by atoms with van der Waals surface area (Å²) in [6, 6.07) is 6.53. The van der Waals surface area contributed by atoms with Crippen LogP contribution in [0.1, 0.15) is 23.6 Å². The fourth-order valence-electron chi connectivity index (χ4n) is 2.53. The monoisotopic (exact) mass is 350 g/mol. The van der Waals surface area contributed by atoms with Gasteiger partial charge in [0.25, 0.3) is 0 Å². The molecule has 1 aromatic rings. The summed E-state index contributed by atoms with van der Waals surface area (Å²) in [5.74, 6) is 0. The number of alkyl halides is 1. The Morgan fingerprint density at radius 1 is 1.37 bits per heavy atom. The lowest BCUT2D eigenvalue weighted by atomic mass is 10.0. The predicted molar refractivity (Wildman–Crippen MR) is 83.9 cm³/mol. The zero-order chi connectivity index (χ0) is 13.0. The van der Waals surface area contributed by atoms with E-state index < -0.39 is 0 Å². The first-order chi connectivity index (χ1) is 8.72. The van der Waals surface area contributed by atoms with Gasteiger partial charge in [0.2, 0.25) is 0 Å². The Bertz CT molecular complexity index is 397. The van der Waals surface area contributed by atoms with E-state index in [9.17, 15) is 4.39 Å². The Labute approximate surface area is 129 Å². The molecule has 0 aliphatic carbocycles. The van der Waals surface area contributed by atoms with Crippen LogP contribution in [-0.4, -0.2) is 37.8 Å². The average Bonchev–Trinajstić information content (AvgIpc) is 2.38. The van der Waals surface area contributed by atoms with Crippen LogP contribution in [0, 0.1) is 6.92 Å². The molecule has 0 spiro atoms. The first-order valence-corrected chi connectivity index (χ1v) is 7.28. The molecule has 5 heteroatoms. The van der Waals surface area contributed by atoms with Crippen LogP contribution in [-0.2, 0) is 0 Å². The van der Waals surface area contributed by atoms with Gasteiger partial charge >= 0.3 is 0 Å². The minimum Gasteiger partial charge on any atom is -0.314 e. The zero-order valence-corrected chi connectivity index (χ0v) is 13.6. The molecule has 1 aliphatic heterocycles. The number of nitrogens with zero attached hydrogens (tertiary/aromatic N) is 1. The summed E-state index contributed by atoms with van der Waals surface area (Å²) in [7, 11) is 0. The summed E-state index contributed by atoms with van der Waals surface area (Å²) in [5.41, 5.74) is 2.44. The molecule has 1 saturated heterocycles. The molecule has 1 N–H and O–H groups in total. The Kier molecular flexibility index (Phi) is 7.29. The van der Waals surface area contributed by atoms with Crippen molar-refractivity contribution in [2.24, 2.45) is 0 Å². The molecule has 1 atom stereocenters. The van der Waals surface area contributed by atoms with Crippen LogP contribution < -0.4 is 5.32 Å². The number of halogens is 3. The van der Waals surface area contributed by atoms with Gasteiger partial charge in [-0.25, -0.2) is 0 Å². The Morgan fingerprint density at radius 3 is 2.63 bits per heavy atom. The maximum absolute atomic E-state index is 12.8. The maximum atomic E-state index is 12.8. The molecule has 1 fully saturated rings. The summed E-state index contributed by atoms with van der Waals surface area (Å²) in [5, 5.41) is 3.34. The van der Waals surface area contributed by atoms with E-state index in [2.05, 4.69) is 51.3 Å². The van der Waals surface area contributed by atoms with Crippen molar-refractivity contribution in [3.63, 3.8) is 0 Å². The number of nitrogens with one attached hydrogen (secondary N) is 1. The van der Waals surface area contributed by atoms with E-state index in [1.165, 1.54) is 11.1 Å². The first-order valence-electron chi connectivity index (χ1n) is 6.49. The quantitative estimate of drug-likeness (QED) is 0.893. The highest BCUT2D eigenvalue weighted by Gasteiger charge is 2.23. The summed E-state index contributed by atoms with van der Waals surface area (Å²) in [6.45, 7) is 5.77. The molecule has 0 aromatic heterocycles. The topological polar surface area (TPSA) is 15.3 Å². The average molecular weight is 352 g/mol. The van der Waals surface area contributed by atoms with E-state index in [0.29, 0.717) is 6.42 Å². The molecule has 19 heavy (non-hydrogen) atoms. The molecule has 2 rings (SSSR count). The lowest BCUT2D eigenvalue weighted by Gasteiger charge is -2.35. The van der Waals surface area contributed by atoms with Gasteiger partial charge in [0, 0.05) is 36.7 Å². The van der Waals surface area contributed by atoms with Crippen molar-refractivity contribution < 1.29 is 4.39 Å². The van der Waals surface area contributed by atoms with Crippen LogP contribution >= 0.6 is 28.3 Å². The van der Waals surface area contributed by atoms with Crippen molar-refractivity contribution in [3.8, 4) is 0 Å². The van der Waals surface area contributed by atoms with Crippen molar-refractivity contribution in [1.82, 2.24) is 10.2 Å². The molecule has 0 bridgehead atoms. The second kappa shape index (κ2) is 8.20. The first kappa shape index (κ1) is 16.9. The van der Waals surface area contributed by atoms with E-state index in [1.54, 1.807) is 0 Å². The number of hydrogen-bond acceptors (Lipinski definition) is 2. The van der Waals surface area contributed by atoms with Crippen LogP contribution in [0.4, 0.5) is 4.39 Å². The summed E-state index contributed by atoms with van der Waals surface area (Å²) in [6.07, 6.45) is 0.571. The van der Waals surface area contributed by atoms with Crippen molar-refractivity contribution in [1.29, 1.82) is 0 Å². The van der Waals surface area contributed by atoms with Crippen molar-refractivity contribution in [3.05, 3.63) is 33.8 Å². The Balaban J connectivity index is 0.00000180. The summed E-state index contributed by atoms with van der Waals surface area (Å²) >= 11 is 3.62. The Morgan fingerprint density at radius 2 is 2.05 bits per heavy atom. The van der Waals surface area contributed by atoms with Gasteiger partial charge in [0.15, 0.2) is 0 Å². The third-order valence-electron chi connectivity index (χ3n) is 3.49. The molecule has 0 amide bonds. The van der Waals surface area contributed by atoms with Crippen LogP contribution in [0.2, 0.25) is 0 Å². The minimum atomic E-state index is -0.269. The molecule has 0 radical (unpaired) electrons. The molecular formula is C14H21BrClFN2. The highest BCUT2D eigenvalue weighted by Crippen LogP contribution is 2.31. The normalized spacial score (nSPS) is 17.8. The smallest absolute Gasteiger partial charge is 0.0912 e. The number of aryl methyl sites for hydroxylation is 1. The molecule has 108 valence electrons. The standard InChI is InChI=1S/C14H20BrFN2.ClH/c1-11-2-3-12(13(15)10-11)14(4-5-16)18-8-6-17-7-9-18;/h2-3,10,14,17H,4-9H2,1H3;1H/t14-;/m0./s1. The van der Waals surface area contributed by atoms with Gasteiger partial charge < -0.3 is 5.32 Å². The van der Waals surface area contributed by atoms with Gasteiger partial charge in [-0.15, -0.1) is 12.4 Å². The lowest BCUT2D eigenvalue weighted by molar-refractivity contribution is 0.157. The molecule has 0 saturated carbocycles. The third kappa shape index (κ3) is 4.42. The van der Waals surface area contributed by atoms with E-state index in [-0.39, 0.29) is 25.1 Å². The van der Waals surface area contributed by atoms with Crippen molar-refractivity contribution in [2.45, 2.75) is 19.4 Å². The number of benzene rings is 1. The van der Waals surface area contributed by atoms with E-state index in [0.717, 1.165) is 30.7 Å². The number of rotatable bonds is 4. The molecular weight excluding hydrogens is 331 g/mol. The number of piperazine rings is 1. The molecule has 1 aliphatic rings. The minimum absolute atomic E-state index is 0. The van der Waals surface area contributed by atoms with Gasteiger partial charge in [-0.3, -0.25) is 9.29 Å². The fraction of sp³-hybridized carbons (Fsp3) is 0.571. The van der Waals surface area contributed by atoms with Crippen LogP contribution in [0.3, 0.4) is 0 Å². The molecule has 0 unspecified atom stereocenters. The summed E-state index contributed by atoms with van der Waals surface area (Å²) in [4.78, 5) is 2.38. The van der Waals surface area contributed by atoms with Gasteiger partial charge in [0.1, 0.15) is 0 Å². The van der Waals surface area contributed by atoms with Crippen molar-refractivity contribution in [2.75, 3.05) is 32.9 Å². The molecule has 1 heterocycles.